The summed E-state index contributed by atoms with van der Waals surface area (Å²) < 4.78 is 92.9. The fourth-order valence-corrected chi connectivity index (χ4v) is 6.56. The van der Waals surface area contributed by atoms with E-state index in [9.17, 15) is 31.1 Å². The van der Waals surface area contributed by atoms with Crippen molar-refractivity contribution in [3.8, 4) is 11.3 Å². The Hall–Kier alpha value is -3.20. The van der Waals surface area contributed by atoms with Crippen LogP contribution >= 0.6 is 23.2 Å². The van der Waals surface area contributed by atoms with Gasteiger partial charge in [-0.15, -0.1) is 5.10 Å². The van der Waals surface area contributed by atoms with Crippen LogP contribution in [-0.2, 0) is 28.9 Å². The van der Waals surface area contributed by atoms with Crippen molar-refractivity contribution in [3.63, 3.8) is 0 Å². The molecule has 0 saturated carbocycles. The first-order valence-corrected chi connectivity index (χ1v) is 16.7. The van der Waals surface area contributed by atoms with Crippen molar-refractivity contribution in [3.05, 3.63) is 86.3 Å². The van der Waals surface area contributed by atoms with Crippen molar-refractivity contribution in [1.29, 1.82) is 0 Å². The summed E-state index contributed by atoms with van der Waals surface area (Å²) in [5, 5.41) is 11.5. The molecule has 230 valence electrons. The molecule has 7 nitrogen and oxygen atoms in total. The van der Waals surface area contributed by atoms with Crippen molar-refractivity contribution in [2.75, 3.05) is 0 Å². The molecule has 0 bridgehead atoms. The van der Waals surface area contributed by atoms with Gasteiger partial charge in [0.05, 0.1) is 33.9 Å². The van der Waals surface area contributed by atoms with Gasteiger partial charge in [0.1, 0.15) is 5.69 Å². The van der Waals surface area contributed by atoms with Crippen molar-refractivity contribution in [2.24, 2.45) is 0 Å². The first-order valence-electron chi connectivity index (χ1n) is 12.6. The lowest BCUT2D eigenvalue weighted by Gasteiger charge is -2.31. The molecule has 16 heteroatoms. The fourth-order valence-electron chi connectivity index (χ4n) is 4.50. The van der Waals surface area contributed by atoms with Crippen LogP contribution in [0.5, 0.6) is 0 Å². The Labute approximate surface area is 252 Å². The molecule has 0 saturated heterocycles. The van der Waals surface area contributed by atoms with Crippen LogP contribution in [0.1, 0.15) is 52.3 Å². The summed E-state index contributed by atoms with van der Waals surface area (Å²) in [5.74, 6) is -0.842. The average Bonchev–Trinajstić information content (AvgIpc) is 3.46. The van der Waals surface area contributed by atoms with Gasteiger partial charge < -0.3 is 8.95 Å². The van der Waals surface area contributed by atoms with Crippen molar-refractivity contribution in [1.82, 2.24) is 20.2 Å². The number of hydrogen-bond donors (Lipinski definition) is 0. The molecule has 0 aliphatic heterocycles. The average molecular weight is 665 g/mol. The quantitative estimate of drug-likeness (QED) is 0.107. The van der Waals surface area contributed by atoms with Crippen LogP contribution in [0.4, 0.5) is 26.3 Å². The number of ketones is 1. The summed E-state index contributed by atoms with van der Waals surface area (Å²) in [5.41, 5.74) is -4.68. The minimum absolute atomic E-state index is 0.00927. The molecule has 0 spiro atoms. The van der Waals surface area contributed by atoms with Gasteiger partial charge in [0.25, 0.3) is 0 Å². The van der Waals surface area contributed by atoms with E-state index < -0.39 is 66.1 Å². The number of rotatable bonds is 8. The molecule has 0 aliphatic rings. The van der Waals surface area contributed by atoms with Crippen LogP contribution in [0.15, 0.2) is 47.0 Å². The Morgan fingerprint density at radius 3 is 2.09 bits per heavy atom. The second kappa shape index (κ2) is 11.4. The molecule has 43 heavy (non-hydrogen) atoms. The molecule has 0 amide bonds. The van der Waals surface area contributed by atoms with Crippen LogP contribution in [0.2, 0.25) is 29.8 Å². The van der Waals surface area contributed by atoms with Gasteiger partial charge in [-0.05, 0) is 69.4 Å². The third-order valence-electron chi connectivity index (χ3n) is 6.04. The van der Waals surface area contributed by atoms with E-state index in [4.69, 9.17) is 32.2 Å². The number of hydrogen-bond acceptors (Lipinski definition) is 6. The number of halogens is 8. The Balaban J connectivity index is 1.82. The number of alkyl halides is 6. The zero-order valence-electron chi connectivity index (χ0n) is 23.3. The van der Waals surface area contributed by atoms with Crippen molar-refractivity contribution >= 4 is 37.3 Å². The minimum atomic E-state index is -5.05. The largest absolute Gasteiger partial charge is 0.416 e. The number of nitrogens with zero attached hydrogens (tertiary/aromatic N) is 4. The van der Waals surface area contributed by atoms with Crippen LogP contribution in [0.3, 0.4) is 0 Å². The molecule has 2 aromatic carbocycles. The molecule has 0 fully saturated rings. The third-order valence-corrected chi connectivity index (χ3v) is 7.87. The summed E-state index contributed by atoms with van der Waals surface area (Å²) in [6.45, 7) is 8.55. The molecule has 0 N–H and O–H groups in total. The molecule has 2 aromatic heterocycles. The van der Waals surface area contributed by atoms with Crippen LogP contribution < -0.4 is 0 Å². The summed E-state index contributed by atoms with van der Waals surface area (Å²) in [4.78, 5) is 14.0. The lowest BCUT2D eigenvalue weighted by molar-refractivity contribution is -0.143. The van der Waals surface area contributed by atoms with E-state index in [0.29, 0.717) is 17.7 Å². The Morgan fingerprint density at radius 1 is 0.977 bits per heavy atom. The fraction of sp³-hybridized carbons (Fsp3) is 0.333. The Bertz CT molecular complexity index is 1640. The topological polar surface area (TPSA) is 83.0 Å². The van der Waals surface area contributed by atoms with Gasteiger partial charge in [0, 0.05) is 5.56 Å². The van der Waals surface area contributed by atoms with E-state index in [-0.39, 0.29) is 28.1 Å². The van der Waals surface area contributed by atoms with E-state index in [0.717, 1.165) is 4.68 Å². The van der Waals surface area contributed by atoms with E-state index in [2.05, 4.69) is 15.5 Å². The second-order valence-electron chi connectivity index (χ2n) is 11.1. The third kappa shape index (κ3) is 7.14. The molecule has 2 heterocycles. The molecular formula is C27H24Cl2F6N4O3Si. The van der Waals surface area contributed by atoms with Gasteiger partial charge in [-0.25, -0.2) is 4.68 Å². The van der Waals surface area contributed by atoms with Crippen LogP contribution in [0, 0.1) is 0 Å². The predicted octanol–water partition coefficient (Wildman–Crippen LogP) is 8.64. The lowest BCUT2D eigenvalue weighted by Crippen LogP contribution is -2.37. The molecule has 0 aliphatic carbocycles. The molecule has 4 aromatic rings. The number of carbonyl (C=O) groups is 1. The normalized spacial score (nSPS) is 13.0. The first-order chi connectivity index (χ1) is 19.7. The van der Waals surface area contributed by atoms with E-state index in [1.54, 1.807) is 38.1 Å². The highest BCUT2D eigenvalue weighted by Gasteiger charge is 2.40. The molecule has 0 atom stereocenters. The highest BCUT2D eigenvalue weighted by Crippen LogP contribution is 2.40. The van der Waals surface area contributed by atoms with Gasteiger partial charge in [0.15, 0.2) is 24.9 Å². The van der Waals surface area contributed by atoms with Crippen LogP contribution in [-0.4, -0.2) is 34.3 Å². The maximum absolute atomic E-state index is 14.0. The predicted molar refractivity (Wildman–Crippen MR) is 148 cm³/mol. The summed E-state index contributed by atoms with van der Waals surface area (Å²) in [6.07, 6.45) is -10.1. The van der Waals surface area contributed by atoms with Crippen LogP contribution in [0.25, 0.3) is 11.3 Å². The highest BCUT2D eigenvalue weighted by atomic mass is 35.5. The van der Waals surface area contributed by atoms with Gasteiger partial charge >= 0.3 is 12.4 Å². The number of carbonyl (C=O) groups excluding carboxylic acids is 1. The maximum atomic E-state index is 14.0. The maximum Gasteiger partial charge on any atom is 0.416 e. The molecule has 0 unspecified atom stereocenters. The van der Waals surface area contributed by atoms with Gasteiger partial charge in [-0.2, -0.15) is 26.3 Å². The monoisotopic (exact) mass is 664 g/mol. The summed E-state index contributed by atoms with van der Waals surface area (Å²) in [7, 11) is -2.22. The van der Waals surface area contributed by atoms with Gasteiger partial charge in [0.2, 0.25) is 5.78 Å². The minimum Gasteiger partial charge on any atom is -0.407 e. The van der Waals surface area contributed by atoms with Crippen molar-refractivity contribution < 1.29 is 40.1 Å². The number of aromatic nitrogens is 4. The lowest BCUT2D eigenvalue weighted by atomic mass is 9.94. The van der Waals surface area contributed by atoms with E-state index in [1.165, 1.54) is 0 Å². The molecule has 4 rings (SSSR count). The van der Waals surface area contributed by atoms with Crippen molar-refractivity contribution in [2.45, 2.75) is 58.0 Å². The highest BCUT2D eigenvalue weighted by molar-refractivity contribution is 6.69. The smallest absolute Gasteiger partial charge is 0.407 e. The molecule has 0 radical (unpaired) electrons. The number of benzene rings is 2. The summed E-state index contributed by atoms with van der Waals surface area (Å²) in [6, 6.07) is 7.59. The first kappa shape index (κ1) is 32.7. The molecular weight excluding hydrogens is 641 g/mol. The second-order valence-corrected chi connectivity index (χ2v) is 16.3. The SMILES string of the molecule is CC(C)(O[Si](C)(C)C)c1noc(-c2ccccc2Cl)c1C(=O)c1nnn(Cc2cc(C(F)(F)F)cc(C(F)(F)F)c2)c1Cl. The summed E-state index contributed by atoms with van der Waals surface area (Å²) >= 11 is 12.8. The Morgan fingerprint density at radius 2 is 1.56 bits per heavy atom. The Kier molecular flexibility index (Phi) is 8.65. The zero-order chi connectivity index (χ0) is 32.1. The van der Waals surface area contributed by atoms with Gasteiger partial charge in [-0.1, -0.05) is 45.7 Å². The van der Waals surface area contributed by atoms with E-state index >= 15 is 0 Å². The standard InChI is InChI=1S/C27H24Cl2F6N4O3Si/c1-25(2,42-43(3,4)5)23-19(22(41-37-23)17-8-6-7-9-18(17)28)21(40)20-24(29)39(38-36-20)13-14-10-15(26(30,31)32)12-16(11-14)27(33,34)35/h6-12H,13H2,1-5H3. The zero-order valence-corrected chi connectivity index (χ0v) is 25.8. The van der Waals surface area contributed by atoms with E-state index in [1.807, 2.05) is 19.6 Å². The van der Waals surface area contributed by atoms with Gasteiger partial charge in [-0.3, -0.25) is 4.79 Å².